The van der Waals surface area contributed by atoms with Crippen LogP contribution in [-0.2, 0) is 0 Å². The van der Waals surface area contributed by atoms with Crippen molar-refractivity contribution in [3.63, 3.8) is 0 Å². The maximum atomic E-state index is 12.5. The highest BCUT2D eigenvalue weighted by atomic mass is 35.5. The minimum atomic E-state index is -1.35. The molecule has 0 amide bonds. The van der Waals surface area contributed by atoms with Gasteiger partial charge in [-0.3, -0.25) is 4.79 Å². The van der Waals surface area contributed by atoms with Crippen LogP contribution in [0.25, 0.3) is 16.9 Å². The molecule has 122 valence electrons. The van der Waals surface area contributed by atoms with Crippen LogP contribution in [-0.4, -0.2) is 20.9 Å². The van der Waals surface area contributed by atoms with Gasteiger partial charge in [0.2, 0.25) is 0 Å². The number of aromatic carboxylic acids is 1. The zero-order valence-corrected chi connectivity index (χ0v) is 13.4. The molecule has 1 aromatic heterocycles. The second-order valence-corrected chi connectivity index (χ2v) is 5.57. The molecule has 0 aliphatic heterocycles. The van der Waals surface area contributed by atoms with Gasteiger partial charge in [-0.15, -0.1) is 0 Å². The van der Waals surface area contributed by atoms with Crippen molar-refractivity contribution in [2.75, 3.05) is 0 Å². The van der Waals surface area contributed by atoms with E-state index < -0.39 is 17.1 Å². The number of nitrogens with zero attached hydrogens (tertiary/aromatic N) is 3. The van der Waals surface area contributed by atoms with E-state index in [1.807, 2.05) is 6.07 Å². The topological polar surface area (TPSA) is 96.0 Å². The molecule has 0 radical (unpaired) electrons. The van der Waals surface area contributed by atoms with Gasteiger partial charge < -0.3 is 5.11 Å². The highest BCUT2D eigenvalue weighted by Crippen LogP contribution is 2.20. The maximum absolute atomic E-state index is 12.5. The highest BCUT2D eigenvalue weighted by Gasteiger charge is 2.16. The summed E-state index contributed by atoms with van der Waals surface area (Å²) in [6, 6.07) is 16.0. The van der Waals surface area contributed by atoms with Crippen LogP contribution in [0.5, 0.6) is 0 Å². The highest BCUT2D eigenvalue weighted by molar-refractivity contribution is 6.30. The summed E-state index contributed by atoms with van der Waals surface area (Å²) in [4.78, 5) is 23.9. The molecule has 7 heteroatoms. The Balaban J connectivity index is 2.27. The molecule has 0 unspecified atom stereocenters. The molecule has 0 aliphatic carbocycles. The van der Waals surface area contributed by atoms with Crippen LogP contribution in [0.4, 0.5) is 0 Å². The minimum absolute atomic E-state index is 0.302. The van der Waals surface area contributed by atoms with Crippen LogP contribution in [0.3, 0.4) is 0 Å². The standard InChI is InChI=1S/C18H10ClN3O3/c19-13-6-4-12(5-7-13)16-9-15(18(24)25)17(23)22(21-16)14-3-1-2-11(8-14)10-20/h1-9H,(H,24,25). The summed E-state index contributed by atoms with van der Waals surface area (Å²) in [6.45, 7) is 0. The number of carbonyl (C=O) groups is 1. The number of hydrogen-bond acceptors (Lipinski definition) is 4. The Morgan fingerprint density at radius 3 is 2.52 bits per heavy atom. The molecule has 3 aromatic rings. The van der Waals surface area contributed by atoms with Crippen LogP contribution in [0.1, 0.15) is 15.9 Å². The van der Waals surface area contributed by atoms with Gasteiger partial charge in [-0.05, 0) is 36.4 Å². The summed E-state index contributed by atoms with van der Waals surface area (Å²) in [5.74, 6) is -1.35. The normalized spacial score (nSPS) is 10.2. The summed E-state index contributed by atoms with van der Waals surface area (Å²) in [7, 11) is 0. The van der Waals surface area contributed by atoms with Crippen LogP contribution < -0.4 is 5.56 Å². The Hall–Kier alpha value is -3.43. The van der Waals surface area contributed by atoms with Crippen LogP contribution in [0.15, 0.2) is 59.4 Å². The van der Waals surface area contributed by atoms with E-state index in [1.54, 1.807) is 42.5 Å². The predicted octanol–water partition coefficient (Wildman–Crippen LogP) is 3.12. The average molecular weight is 352 g/mol. The van der Waals surface area contributed by atoms with Crippen molar-refractivity contribution in [3.8, 4) is 23.0 Å². The number of carboxylic acid groups (broad SMARTS) is 1. The van der Waals surface area contributed by atoms with Gasteiger partial charge in [0.05, 0.1) is 23.0 Å². The molecule has 0 spiro atoms. The molecule has 0 fully saturated rings. The van der Waals surface area contributed by atoms with Crippen molar-refractivity contribution in [2.45, 2.75) is 0 Å². The fraction of sp³-hybridized carbons (Fsp3) is 0. The van der Waals surface area contributed by atoms with Gasteiger partial charge in [-0.1, -0.05) is 29.8 Å². The molecule has 0 saturated carbocycles. The van der Waals surface area contributed by atoms with Crippen LogP contribution in [0.2, 0.25) is 5.02 Å². The van der Waals surface area contributed by atoms with Gasteiger partial charge in [0.1, 0.15) is 5.56 Å². The SMILES string of the molecule is N#Cc1cccc(-n2nc(-c3ccc(Cl)cc3)cc(C(=O)O)c2=O)c1. The Morgan fingerprint density at radius 1 is 1.16 bits per heavy atom. The van der Waals surface area contributed by atoms with E-state index in [4.69, 9.17) is 16.9 Å². The van der Waals surface area contributed by atoms with E-state index in [9.17, 15) is 14.7 Å². The lowest BCUT2D eigenvalue weighted by atomic mass is 10.1. The predicted molar refractivity (Wildman–Crippen MR) is 92.0 cm³/mol. The van der Waals surface area contributed by atoms with Crippen LogP contribution >= 0.6 is 11.6 Å². The molecule has 0 bridgehead atoms. The Morgan fingerprint density at radius 2 is 1.88 bits per heavy atom. The summed E-state index contributed by atoms with van der Waals surface area (Å²) < 4.78 is 0.980. The number of rotatable bonds is 3. The van der Waals surface area contributed by atoms with Gasteiger partial charge >= 0.3 is 5.97 Å². The summed E-state index contributed by atoms with van der Waals surface area (Å²) in [5, 5.41) is 23.1. The first-order chi connectivity index (χ1) is 12.0. The van der Waals surface area contributed by atoms with Crippen molar-refractivity contribution in [1.82, 2.24) is 9.78 Å². The second-order valence-electron chi connectivity index (χ2n) is 5.13. The summed E-state index contributed by atoms with van der Waals surface area (Å²) >= 11 is 5.87. The lowest BCUT2D eigenvalue weighted by molar-refractivity contribution is 0.0694. The van der Waals surface area contributed by atoms with Gasteiger partial charge in [0.25, 0.3) is 5.56 Å². The number of carboxylic acids is 1. The summed E-state index contributed by atoms with van der Waals surface area (Å²) in [6.07, 6.45) is 0. The van der Waals surface area contributed by atoms with Crippen molar-refractivity contribution in [3.05, 3.63) is 81.1 Å². The van der Waals surface area contributed by atoms with Crippen molar-refractivity contribution < 1.29 is 9.90 Å². The molecule has 6 nitrogen and oxygen atoms in total. The molecule has 0 saturated heterocycles. The molecule has 25 heavy (non-hydrogen) atoms. The van der Waals surface area contributed by atoms with Gasteiger partial charge in [0.15, 0.2) is 0 Å². The smallest absolute Gasteiger partial charge is 0.341 e. The minimum Gasteiger partial charge on any atom is -0.477 e. The zero-order valence-electron chi connectivity index (χ0n) is 12.7. The largest absolute Gasteiger partial charge is 0.477 e. The van der Waals surface area contributed by atoms with E-state index in [-0.39, 0.29) is 0 Å². The van der Waals surface area contributed by atoms with E-state index in [0.717, 1.165) is 4.68 Å². The van der Waals surface area contributed by atoms with Crippen molar-refractivity contribution in [1.29, 1.82) is 5.26 Å². The molecule has 0 atom stereocenters. The molecular weight excluding hydrogens is 342 g/mol. The molecular formula is C18H10ClN3O3. The number of hydrogen-bond donors (Lipinski definition) is 1. The first-order valence-electron chi connectivity index (χ1n) is 7.14. The molecule has 2 aromatic carbocycles. The number of nitriles is 1. The molecule has 1 heterocycles. The lowest BCUT2D eigenvalue weighted by Crippen LogP contribution is -2.27. The lowest BCUT2D eigenvalue weighted by Gasteiger charge is -2.09. The summed E-state index contributed by atoms with van der Waals surface area (Å²) in [5.41, 5.74) is 0.359. The third-order valence-electron chi connectivity index (χ3n) is 3.50. The van der Waals surface area contributed by atoms with Gasteiger partial charge in [-0.2, -0.15) is 15.0 Å². The second kappa shape index (κ2) is 6.59. The first kappa shape index (κ1) is 16.4. The average Bonchev–Trinajstić information content (AvgIpc) is 2.62. The van der Waals surface area contributed by atoms with Gasteiger partial charge in [0, 0.05) is 10.6 Å². The quantitative estimate of drug-likeness (QED) is 0.782. The molecule has 1 N–H and O–H groups in total. The van der Waals surface area contributed by atoms with Gasteiger partial charge in [-0.25, -0.2) is 4.79 Å². The monoisotopic (exact) mass is 351 g/mol. The Labute approximate surface area is 147 Å². The zero-order chi connectivity index (χ0) is 18.0. The van der Waals surface area contributed by atoms with E-state index in [2.05, 4.69) is 5.10 Å². The van der Waals surface area contributed by atoms with Crippen molar-refractivity contribution in [2.24, 2.45) is 0 Å². The number of halogens is 1. The van der Waals surface area contributed by atoms with E-state index in [0.29, 0.717) is 27.5 Å². The van der Waals surface area contributed by atoms with Crippen molar-refractivity contribution >= 4 is 17.6 Å². The van der Waals surface area contributed by atoms with E-state index in [1.165, 1.54) is 12.1 Å². The maximum Gasteiger partial charge on any atom is 0.341 e. The molecule has 0 aliphatic rings. The fourth-order valence-corrected chi connectivity index (χ4v) is 2.42. The third kappa shape index (κ3) is 3.27. The van der Waals surface area contributed by atoms with Crippen LogP contribution in [0, 0.1) is 11.3 Å². The fourth-order valence-electron chi connectivity index (χ4n) is 2.29. The third-order valence-corrected chi connectivity index (χ3v) is 3.75. The number of benzene rings is 2. The Kier molecular flexibility index (Phi) is 4.33. The number of aromatic nitrogens is 2. The Bertz CT molecular complexity index is 1070. The molecule has 3 rings (SSSR count). The first-order valence-corrected chi connectivity index (χ1v) is 7.51. The van der Waals surface area contributed by atoms with E-state index >= 15 is 0 Å².